The van der Waals surface area contributed by atoms with Crippen molar-refractivity contribution >= 4 is 22.8 Å². The van der Waals surface area contributed by atoms with Gasteiger partial charge in [-0.05, 0) is 24.8 Å². The standard InChI is InChI=1S/C18H23N5O2/c24-17(16-14-6-1-2-7-15(14)20-21-16)22-8-10-23(11-9-22)18(25)19-12-13-4-3-5-13/h1-2,6-7,13H,3-5,8-12H2,(H,19,25)(H,20,21). The van der Waals surface area contributed by atoms with E-state index in [4.69, 9.17) is 0 Å². The number of benzene rings is 1. The highest BCUT2D eigenvalue weighted by Gasteiger charge is 2.27. The van der Waals surface area contributed by atoms with Crippen LogP contribution in [-0.2, 0) is 0 Å². The number of fused-ring (bicyclic) bond motifs is 1. The van der Waals surface area contributed by atoms with Gasteiger partial charge in [-0.1, -0.05) is 24.6 Å². The fraction of sp³-hybridized carbons (Fsp3) is 0.500. The predicted molar refractivity (Wildman–Crippen MR) is 94.3 cm³/mol. The molecule has 1 saturated carbocycles. The van der Waals surface area contributed by atoms with E-state index in [9.17, 15) is 9.59 Å². The average molecular weight is 341 g/mol. The summed E-state index contributed by atoms with van der Waals surface area (Å²) in [7, 11) is 0. The summed E-state index contributed by atoms with van der Waals surface area (Å²) in [5.74, 6) is 0.576. The number of piperazine rings is 1. The van der Waals surface area contributed by atoms with Crippen molar-refractivity contribution in [3.05, 3.63) is 30.0 Å². The molecule has 0 unspecified atom stereocenters. The molecular weight excluding hydrogens is 318 g/mol. The molecule has 2 N–H and O–H groups in total. The second-order valence-corrected chi connectivity index (χ2v) is 6.88. The van der Waals surface area contributed by atoms with Crippen molar-refractivity contribution in [2.75, 3.05) is 32.7 Å². The van der Waals surface area contributed by atoms with Gasteiger partial charge in [0.1, 0.15) is 0 Å². The number of nitrogens with zero attached hydrogens (tertiary/aromatic N) is 3. The highest BCUT2D eigenvalue weighted by atomic mass is 16.2. The Morgan fingerprint density at radius 1 is 1.12 bits per heavy atom. The Morgan fingerprint density at radius 2 is 1.84 bits per heavy atom. The van der Waals surface area contributed by atoms with E-state index in [-0.39, 0.29) is 11.9 Å². The van der Waals surface area contributed by atoms with Crippen LogP contribution in [0, 0.1) is 5.92 Å². The Kier molecular flexibility index (Phi) is 4.29. The minimum Gasteiger partial charge on any atom is -0.338 e. The number of hydrogen-bond donors (Lipinski definition) is 2. The van der Waals surface area contributed by atoms with Gasteiger partial charge < -0.3 is 15.1 Å². The minimum atomic E-state index is -0.0769. The van der Waals surface area contributed by atoms with Crippen LogP contribution in [0.15, 0.2) is 24.3 Å². The molecule has 3 amide bonds. The van der Waals surface area contributed by atoms with Gasteiger partial charge in [-0.3, -0.25) is 9.89 Å². The van der Waals surface area contributed by atoms with E-state index in [2.05, 4.69) is 15.5 Å². The second kappa shape index (κ2) is 6.74. The molecule has 0 spiro atoms. The van der Waals surface area contributed by atoms with Crippen molar-refractivity contribution in [3.8, 4) is 0 Å². The maximum absolute atomic E-state index is 12.7. The van der Waals surface area contributed by atoms with E-state index in [0.717, 1.165) is 17.4 Å². The lowest BCUT2D eigenvalue weighted by molar-refractivity contribution is 0.0660. The molecule has 0 radical (unpaired) electrons. The molecule has 2 aliphatic rings. The van der Waals surface area contributed by atoms with Gasteiger partial charge in [0.15, 0.2) is 5.69 Å². The molecule has 1 aliphatic carbocycles. The normalized spacial score (nSPS) is 18.2. The topological polar surface area (TPSA) is 81.3 Å². The molecular formula is C18H23N5O2. The average Bonchev–Trinajstić information content (AvgIpc) is 3.04. The molecule has 0 atom stereocenters. The summed E-state index contributed by atoms with van der Waals surface area (Å²) >= 11 is 0. The first-order chi connectivity index (χ1) is 12.2. The number of aromatic amines is 1. The van der Waals surface area contributed by atoms with Gasteiger partial charge in [-0.15, -0.1) is 0 Å². The third-order valence-electron chi connectivity index (χ3n) is 5.29. The van der Waals surface area contributed by atoms with Crippen LogP contribution in [0.4, 0.5) is 4.79 Å². The van der Waals surface area contributed by atoms with Gasteiger partial charge in [0.2, 0.25) is 0 Å². The molecule has 1 aromatic heterocycles. The van der Waals surface area contributed by atoms with Crippen LogP contribution in [0.1, 0.15) is 29.8 Å². The third-order valence-corrected chi connectivity index (χ3v) is 5.29. The summed E-state index contributed by atoms with van der Waals surface area (Å²) < 4.78 is 0. The molecule has 0 bridgehead atoms. The Bertz CT molecular complexity index is 775. The molecule has 25 heavy (non-hydrogen) atoms. The van der Waals surface area contributed by atoms with Crippen LogP contribution < -0.4 is 5.32 Å². The fourth-order valence-electron chi connectivity index (χ4n) is 3.43. The van der Waals surface area contributed by atoms with Gasteiger partial charge in [0.25, 0.3) is 5.91 Å². The van der Waals surface area contributed by atoms with Gasteiger partial charge in [-0.2, -0.15) is 5.10 Å². The number of H-pyrrole nitrogens is 1. The number of urea groups is 1. The van der Waals surface area contributed by atoms with Gasteiger partial charge in [0, 0.05) is 38.1 Å². The van der Waals surface area contributed by atoms with E-state index in [0.29, 0.717) is 37.8 Å². The van der Waals surface area contributed by atoms with E-state index < -0.39 is 0 Å². The van der Waals surface area contributed by atoms with Crippen LogP contribution in [0.3, 0.4) is 0 Å². The molecule has 2 heterocycles. The summed E-state index contributed by atoms with van der Waals surface area (Å²) in [6.45, 7) is 2.97. The predicted octanol–water partition coefficient (Wildman–Crippen LogP) is 1.83. The second-order valence-electron chi connectivity index (χ2n) is 6.88. The summed E-state index contributed by atoms with van der Waals surface area (Å²) in [5.41, 5.74) is 1.32. The van der Waals surface area contributed by atoms with E-state index in [1.165, 1.54) is 19.3 Å². The highest BCUT2D eigenvalue weighted by molar-refractivity contribution is 6.04. The summed E-state index contributed by atoms with van der Waals surface area (Å²) in [6, 6.07) is 7.61. The smallest absolute Gasteiger partial charge is 0.317 e. The zero-order chi connectivity index (χ0) is 17.2. The van der Waals surface area contributed by atoms with Crippen molar-refractivity contribution < 1.29 is 9.59 Å². The zero-order valence-corrected chi connectivity index (χ0v) is 14.2. The number of hydrogen-bond acceptors (Lipinski definition) is 3. The molecule has 1 aliphatic heterocycles. The van der Waals surface area contributed by atoms with Crippen molar-refractivity contribution in [3.63, 3.8) is 0 Å². The molecule has 4 rings (SSSR count). The zero-order valence-electron chi connectivity index (χ0n) is 14.2. The van der Waals surface area contributed by atoms with Crippen molar-refractivity contribution in [1.82, 2.24) is 25.3 Å². The number of amides is 3. The first-order valence-corrected chi connectivity index (χ1v) is 8.97. The number of nitrogens with one attached hydrogen (secondary N) is 2. The van der Waals surface area contributed by atoms with Crippen molar-refractivity contribution in [2.45, 2.75) is 19.3 Å². The molecule has 7 heteroatoms. The van der Waals surface area contributed by atoms with Gasteiger partial charge in [0.05, 0.1) is 5.52 Å². The van der Waals surface area contributed by atoms with Crippen LogP contribution >= 0.6 is 0 Å². The number of aromatic nitrogens is 2. The highest BCUT2D eigenvalue weighted by Crippen LogP contribution is 2.25. The molecule has 2 aromatic rings. The number of rotatable bonds is 3. The quantitative estimate of drug-likeness (QED) is 0.894. The monoisotopic (exact) mass is 341 g/mol. The first kappa shape index (κ1) is 15.9. The number of carbonyl (C=O) groups is 2. The van der Waals surface area contributed by atoms with E-state index >= 15 is 0 Å². The Labute approximate surface area is 146 Å². The van der Waals surface area contributed by atoms with E-state index in [1.807, 2.05) is 24.3 Å². The van der Waals surface area contributed by atoms with Crippen LogP contribution in [0.25, 0.3) is 10.9 Å². The summed E-state index contributed by atoms with van der Waals surface area (Å²) in [5, 5.41) is 10.9. The summed E-state index contributed by atoms with van der Waals surface area (Å²) in [4.78, 5) is 28.5. The maximum Gasteiger partial charge on any atom is 0.317 e. The summed E-state index contributed by atoms with van der Waals surface area (Å²) in [6.07, 6.45) is 3.73. The third kappa shape index (κ3) is 3.18. The lowest BCUT2D eigenvalue weighted by atomic mass is 9.85. The number of carbonyl (C=O) groups excluding carboxylic acids is 2. The van der Waals surface area contributed by atoms with Crippen LogP contribution in [-0.4, -0.2) is 64.7 Å². The lowest BCUT2D eigenvalue weighted by Crippen LogP contribution is -2.53. The molecule has 2 fully saturated rings. The minimum absolute atomic E-state index is 0.00998. The van der Waals surface area contributed by atoms with Gasteiger partial charge in [-0.25, -0.2) is 4.79 Å². The largest absolute Gasteiger partial charge is 0.338 e. The Hall–Kier alpha value is -2.57. The maximum atomic E-state index is 12.7. The molecule has 7 nitrogen and oxygen atoms in total. The first-order valence-electron chi connectivity index (χ1n) is 8.97. The van der Waals surface area contributed by atoms with Crippen LogP contribution in [0.5, 0.6) is 0 Å². The SMILES string of the molecule is O=C(NCC1CCC1)N1CCN(C(=O)c2n[nH]c3ccccc23)CC1. The van der Waals surface area contributed by atoms with Gasteiger partial charge >= 0.3 is 6.03 Å². The van der Waals surface area contributed by atoms with Crippen LogP contribution in [0.2, 0.25) is 0 Å². The van der Waals surface area contributed by atoms with E-state index in [1.54, 1.807) is 9.80 Å². The Morgan fingerprint density at radius 3 is 2.56 bits per heavy atom. The van der Waals surface area contributed by atoms with Crippen molar-refractivity contribution in [2.24, 2.45) is 5.92 Å². The lowest BCUT2D eigenvalue weighted by Gasteiger charge is -2.35. The van der Waals surface area contributed by atoms with Crippen molar-refractivity contribution in [1.29, 1.82) is 0 Å². The molecule has 132 valence electrons. The fourth-order valence-corrected chi connectivity index (χ4v) is 3.43. The molecule has 1 saturated heterocycles. The Balaban J connectivity index is 1.33. The number of para-hydroxylation sites is 1. The molecule has 1 aromatic carbocycles.